The number of hydrogen-bond acceptors (Lipinski definition) is 9. The average Bonchev–Trinajstić information content (AvgIpc) is 2.75. The summed E-state index contributed by atoms with van der Waals surface area (Å²) in [6.07, 6.45) is 6.28. The molecule has 0 unspecified atom stereocenters. The van der Waals surface area contributed by atoms with Crippen molar-refractivity contribution in [3.05, 3.63) is 48.0 Å². The van der Waals surface area contributed by atoms with Crippen molar-refractivity contribution in [1.29, 1.82) is 0 Å². The Labute approximate surface area is 178 Å². The molecule has 1 aliphatic heterocycles. The first-order valence-corrected chi connectivity index (χ1v) is 11.2. The maximum Gasteiger partial charge on any atom is 0.264 e. The van der Waals surface area contributed by atoms with E-state index in [1.54, 1.807) is 18.2 Å². The van der Waals surface area contributed by atoms with Crippen LogP contribution in [-0.4, -0.2) is 46.4 Å². The summed E-state index contributed by atoms with van der Waals surface area (Å²) >= 11 is 6.07. The minimum Gasteiger partial charge on any atom is -0.341 e. The second-order valence-corrected chi connectivity index (χ2v) is 8.62. The maximum absolute atomic E-state index is 12.5. The lowest BCUT2D eigenvalue weighted by Crippen LogP contribution is -2.31. The number of sulfonamides is 1. The number of aromatic nitrogens is 5. The van der Waals surface area contributed by atoms with Crippen LogP contribution in [0.15, 0.2) is 47.6 Å². The van der Waals surface area contributed by atoms with Crippen LogP contribution in [0.1, 0.15) is 19.3 Å². The minimum absolute atomic E-state index is 0.00442. The van der Waals surface area contributed by atoms with Crippen molar-refractivity contribution in [1.82, 2.24) is 24.9 Å². The summed E-state index contributed by atoms with van der Waals surface area (Å²) in [4.78, 5) is 22.6. The first-order valence-electron chi connectivity index (χ1n) is 9.33. The molecule has 0 bridgehead atoms. The molecule has 1 aromatic carbocycles. The summed E-state index contributed by atoms with van der Waals surface area (Å²) in [5, 5.41) is 3.14. The van der Waals surface area contributed by atoms with Gasteiger partial charge in [-0.25, -0.2) is 23.1 Å². The number of anilines is 4. The number of nitrogens with zero attached hydrogens (tertiary/aromatic N) is 6. The molecule has 0 spiro atoms. The SMILES string of the molecule is O=S(=O)(Nc1ncccn1)c1ccc(Nc2nc(Cl)nc(N3CCCCC3)n2)cc1. The first-order chi connectivity index (χ1) is 14.5. The number of nitrogens with one attached hydrogen (secondary N) is 2. The highest BCUT2D eigenvalue weighted by molar-refractivity contribution is 7.92. The van der Waals surface area contributed by atoms with E-state index in [0.29, 0.717) is 17.6 Å². The van der Waals surface area contributed by atoms with Gasteiger partial charge in [-0.1, -0.05) is 0 Å². The van der Waals surface area contributed by atoms with Gasteiger partial charge in [0.25, 0.3) is 10.0 Å². The Morgan fingerprint density at radius 3 is 2.30 bits per heavy atom. The molecule has 0 radical (unpaired) electrons. The van der Waals surface area contributed by atoms with Gasteiger partial charge in [0.15, 0.2) is 0 Å². The van der Waals surface area contributed by atoms with Crippen molar-refractivity contribution in [3.8, 4) is 0 Å². The molecule has 12 heteroatoms. The molecule has 0 saturated carbocycles. The van der Waals surface area contributed by atoms with Crippen molar-refractivity contribution in [3.63, 3.8) is 0 Å². The quantitative estimate of drug-likeness (QED) is 0.587. The molecule has 10 nitrogen and oxygen atoms in total. The lowest BCUT2D eigenvalue weighted by atomic mass is 10.1. The predicted octanol–water partition coefficient (Wildman–Crippen LogP) is 2.85. The molecule has 4 rings (SSSR count). The summed E-state index contributed by atoms with van der Waals surface area (Å²) < 4.78 is 27.3. The lowest BCUT2D eigenvalue weighted by Gasteiger charge is -2.26. The van der Waals surface area contributed by atoms with E-state index in [-0.39, 0.29) is 16.1 Å². The van der Waals surface area contributed by atoms with Crippen molar-refractivity contribution in [2.75, 3.05) is 28.0 Å². The normalized spacial score (nSPS) is 14.4. The van der Waals surface area contributed by atoms with Crippen molar-refractivity contribution in [2.45, 2.75) is 24.2 Å². The molecule has 1 aliphatic rings. The fourth-order valence-corrected chi connectivity index (χ4v) is 4.12. The van der Waals surface area contributed by atoms with Gasteiger partial charge in [-0.05, 0) is 61.2 Å². The Morgan fingerprint density at radius 1 is 0.900 bits per heavy atom. The standard InChI is InChI=1S/C18H19ClN8O2S/c19-15-23-17(25-18(24-15)27-11-2-1-3-12-27)22-13-5-7-14(8-6-13)30(28,29)26-16-20-9-4-10-21-16/h4-10H,1-3,11-12H2,(H,20,21,26)(H,22,23,24,25). The van der Waals surface area contributed by atoms with Gasteiger partial charge in [0.05, 0.1) is 4.90 Å². The molecule has 3 aromatic rings. The van der Waals surface area contributed by atoms with Gasteiger partial charge in [-0.15, -0.1) is 0 Å². The van der Waals surface area contributed by atoms with Crippen LogP contribution in [0.3, 0.4) is 0 Å². The minimum atomic E-state index is -3.80. The van der Waals surface area contributed by atoms with Gasteiger partial charge in [0.1, 0.15) is 0 Å². The summed E-state index contributed by atoms with van der Waals surface area (Å²) in [5.41, 5.74) is 0.608. The monoisotopic (exact) mass is 446 g/mol. The van der Waals surface area contributed by atoms with Crippen molar-refractivity contribution >= 4 is 45.2 Å². The lowest BCUT2D eigenvalue weighted by molar-refractivity contribution is 0.567. The highest BCUT2D eigenvalue weighted by atomic mass is 35.5. The van der Waals surface area contributed by atoms with Gasteiger partial charge in [-0.3, -0.25) is 0 Å². The van der Waals surface area contributed by atoms with Gasteiger partial charge < -0.3 is 10.2 Å². The van der Waals surface area contributed by atoms with Crippen LogP contribution >= 0.6 is 11.6 Å². The van der Waals surface area contributed by atoms with E-state index in [1.165, 1.54) is 30.9 Å². The molecule has 0 atom stereocenters. The van der Waals surface area contributed by atoms with Crippen molar-refractivity contribution in [2.24, 2.45) is 0 Å². The summed E-state index contributed by atoms with van der Waals surface area (Å²) in [7, 11) is -3.80. The molecular weight excluding hydrogens is 428 g/mol. The predicted molar refractivity (Wildman–Crippen MR) is 113 cm³/mol. The van der Waals surface area contributed by atoms with Gasteiger partial charge in [0, 0.05) is 31.2 Å². The van der Waals surface area contributed by atoms with Crippen LogP contribution < -0.4 is 14.9 Å². The molecule has 3 heterocycles. The Kier molecular flexibility index (Phi) is 5.91. The Morgan fingerprint density at radius 2 is 1.60 bits per heavy atom. The van der Waals surface area contributed by atoms with Crippen LogP contribution in [0.25, 0.3) is 0 Å². The largest absolute Gasteiger partial charge is 0.341 e. The van der Waals surface area contributed by atoms with E-state index >= 15 is 0 Å². The molecule has 0 amide bonds. The Balaban J connectivity index is 1.49. The van der Waals surface area contributed by atoms with Crippen molar-refractivity contribution < 1.29 is 8.42 Å². The Bertz CT molecular complexity index is 1110. The molecule has 0 aliphatic carbocycles. The third-order valence-electron chi connectivity index (χ3n) is 4.45. The fourth-order valence-electron chi connectivity index (χ4n) is 3.01. The maximum atomic E-state index is 12.5. The average molecular weight is 447 g/mol. The number of benzene rings is 1. The molecule has 2 aromatic heterocycles. The second kappa shape index (κ2) is 8.76. The summed E-state index contributed by atoms with van der Waals surface area (Å²) in [6, 6.07) is 7.74. The van der Waals surface area contributed by atoms with Crippen LogP contribution in [0.2, 0.25) is 5.28 Å². The van der Waals surface area contributed by atoms with Gasteiger partial charge in [-0.2, -0.15) is 15.0 Å². The van der Waals surface area contributed by atoms with E-state index in [1.807, 2.05) is 0 Å². The first kappa shape index (κ1) is 20.2. The van der Waals surface area contributed by atoms with E-state index in [4.69, 9.17) is 11.6 Å². The summed E-state index contributed by atoms with van der Waals surface area (Å²) in [6.45, 7) is 1.76. The smallest absolute Gasteiger partial charge is 0.264 e. The number of hydrogen-bond donors (Lipinski definition) is 2. The van der Waals surface area contributed by atoms with E-state index in [0.717, 1.165) is 25.9 Å². The third kappa shape index (κ3) is 4.92. The van der Waals surface area contributed by atoms with Crippen LogP contribution in [0.5, 0.6) is 0 Å². The zero-order valence-electron chi connectivity index (χ0n) is 15.9. The van der Waals surface area contributed by atoms with E-state index in [9.17, 15) is 8.42 Å². The number of rotatable bonds is 6. The summed E-state index contributed by atoms with van der Waals surface area (Å²) in [5.74, 6) is 0.829. The zero-order valence-corrected chi connectivity index (χ0v) is 17.4. The molecular formula is C18H19ClN8O2S. The van der Waals surface area contributed by atoms with E-state index in [2.05, 4.69) is 39.9 Å². The molecule has 156 valence electrons. The highest BCUT2D eigenvalue weighted by Crippen LogP contribution is 2.22. The molecule has 1 fully saturated rings. The van der Waals surface area contributed by atoms with Crippen LogP contribution in [0, 0.1) is 0 Å². The van der Waals surface area contributed by atoms with Gasteiger partial charge >= 0.3 is 0 Å². The highest BCUT2D eigenvalue weighted by Gasteiger charge is 2.17. The van der Waals surface area contributed by atoms with Crippen LogP contribution in [-0.2, 0) is 10.0 Å². The van der Waals surface area contributed by atoms with Crippen LogP contribution in [0.4, 0.5) is 23.5 Å². The topological polar surface area (TPSA) is 126 Å². The molecule has 30 heavy (non-hydrogen) atoms. The van der Waals surface area contributed by atoms with E-state index < -0.39 is 10.0 Å². The third-order valence-corrected chi connectivity index (χ3v) is 5.96. The molecule has 2 N–H and O–H groups in total. The number of halogens is 1. The molecule has 1 saturated heterocycles. The fraction of sp³-hybridized carbons (Fsp3) is 0.278. The zero-order chi connectivity index (χ0) is 21.0. The van der Waals surface area contributed by atoms with Gasteiger partial charge in [0.2, 0.25) is 23.1 Å². The Hall–Kier alpha value is -3.05. The second-order valence-electron chi connectivity index (χ2n) is 6.60. The number of piperidine rings is 1.